The largest absolute Gasteiger partial charge is 0.374 e. The van der Waals surface area contributed by atoms with Crippen molar-refractivity contribution in [2.75, 3.05) is 41.0 Å². The summed E-state index contributed by atoms with van der Waals surface area (Å²) >= 11 is 0. The van der Waals surface area contributed by atoms with Crippen LogP contribution in [0.2, 0.25) is 0 Å². The molecule has 1 unspecified atom stereocenters. The molecule has 0 bridgehead atoms. The van der Waals surface area contributed by atoms with Crippen LogP contribution in [0.3, 0.4) is 0 Å². The first-order valence-electron chi connectivity index (χ1n) is 13.2. The number of hydrogen-bond acceptors (Lipinski definition) is 7. The standard InChI is InChI=1S/C31H30FN7O/c1-20-15-25(12-14-38(20)2)35-23-4-6-24(7-5-23)36-31(40)21-3-10-30(34-17-21)37-29-11-13-33-28-9-8-26(16-27(28)29)39-18-22(32)19-39/h3-17,20,22,35H,18-19H2,1-2H3,(H,36,40)(H,33,34,37). The highest BCUT2D eigenvalue weighted by Gasteiger charge is 2.26. The number of fused-ring (bicyclic) bond motifs is 1. The Morgan fingerprint density at radius 1 is 0.975 bits per heavy atom. The zero-order chi connectivity index (χ0) is 27.6. The first-order valence-corrected chi connectivity index (χ1v) is 13.2. The summed E-state index contributed by atoms with van der Waals surface area (Å²) in [5.74, 6) is 0.360. The molecule has 9 heteroatoms. The molecule has 2 aromatic carbocycles. The molecule has 2 aliphatic heterocycles. The first kappa shape index (κ1) is 25.4. The Kier molecular flexibility index (Phi) is 6.77. The molecule has 8 nitrogen and oxygen atoms in total. The number of likely N-dealkylation sites (N-methyl/N-ethyl adjacent to an activating group) is 1. The summed E-state index contributed by atoms with van der Waals surface area (Å²) in [6.07, 6.45) is 8.74. The van der Waals surface area contributed by atoms with Crippen molar-refractivity contribution < 1.29 is 9.18 Å². The number of benzene rings is 2. The maximum absolute atomic E-state index is 13.4. The molecule has 0 radical (unpaired) electrons. The van der Waals surface area contributed by atoms with E-state index in [0.29, 0.717) is 36.2 Å². The zero-order valence-corrected chi connectivity index (χ0v) is 22.3. The molecule has 1 amide bonds. The number of aromatic nitrogens is 2. The average Bonchev–Trinajstić information content (AvgIpc) is 2.95. The van der Waals surface area contributed by atoms with Crippen LogP contribution in [0.1, 0.15) is 17.3 Å². The zero-order valence-electron chi connectivity index (χ0n) is 22.3. The van der Waals surface area contributed by atoms with E-state index >= 15 is 0 Å². The minimum absolute atomic E-state index is 0.241. The highest BCUT2D eigenvalue weighted by Crippen LogP contribution is 2.31. The Hall–Kier alpha value is -4.92. The van der Waals surface area contributed by atoms with Crippen molar-refractivity contribution >= 4 is 45.4 Å². The van der Waals surface area contributed by atoms with Gasteiger partial charge in [-0.3, -0.25) is 9.78 Å². The molecule has 40 heavy (non-hydrogen) atoms. The quantitative estimate of drug-likeness (QED) is 0.271. The summed E-state index contributed by atoms with van der Waals surface area (Å²) in [5.41, 5.74) is 5.75. The number of halogens is 1. The number of pyridine rings is 2. The minimum atomic E-state index is -0.771. The fraction of sp³-hybridized carbons (Fsp3) is 0.194. The summed E-state index contributed by atoms with van der Waals surface area (Å²) < 4.78 is 13.4. The molecule has 0 aliphatic carbocycles. The van der Waals surface area contributed by atoms with Crippen molar-refractivity contribution in [1.82, 2.24) is 14.9 Å². The number of amides is 1. The van der Waals surface area contributed by atoms with Gasteiger partial charge in [0.25, 0.3) is 5.91 Å². The third kappa shape index (κ3) is 5.44. The van der Waals surface area contributed by atoms with E-state index in [1.165, 1.54) is 0 Å². The van der Waals surface area contributed by atoms with Crippen LogP contribution in [0.5, 0.6) is 0 Å². The molecular weight excluding hydrogens is 505 g/mol. The summed E-state index contributed by atoms with van der Waals surface area (Å²) in [6.45, 7) is 2.96. The van der Waals surface area contributed by atoms with E-state index in [0.717, 1.165) is 33.7 Å². The second kappa shape index (κ2) is 10.7. The first-order chi connectivity index (χ1) is 19.4. The van der Waals surface area contributed by atoms with Crippen molar-refractivity contribution in [1.29, 1.82) is 0 Å². The average molecular weight is 536 g/mol. The van der Waals surface area contributed by atoms with Crippen LogP contribution in [-0.4, -0.2) is 53.1 Å². The van der Waals surface area contributed by atoms with E-state index in [1.807, 2.05) is 72.8 Å². The predicted octanol–water partition coefficient (Wildman–Crippen LogP) is 5.93. The monoisotopic (exact) mass is 535 g/mol. The second-order valence-corrected chi connectivity index (χ2v) is 10.1. The number of rotatable bonds is 7. The van der Waals surface area contributed by atoms with Gasteiger partial charge in [0.1, 0.15) is 12.0 Å². The summed E-state index contributed by atoms with van der Waals surface area (Å²) in [7, 11) is 2.04. The molecule has 4 aromatic rings. The van der Waals surface area contributed by atoms with E-state index in [4.69, 9.17) is 0 Å². The topological polar surface area (TPSA) is 85.4 Å². The molecule has 4 heterocycles. The number of anilines is 5. The minimum Gasteiger partial charge on any atom is -0.374 e. The third-order valence-electron chi connectivity index (χ3n) is 7.20. The number of nitrogens with zero attached hydrogens (tertiary/aromatic N) is 4. The second-order valence-electron chi connectivity index (χ2n) is 10.1. The van der Waals surface area contributed by atoms with Crippen molar-refractivity contribution in [3.05, 3.63) is 103 Å². The highest BCUT2D eigenvalue weighted by atomic mass is 19.1. The number of nitrogens with one attached hydrogen (secondary N) is 3. The van der Waals surface area contributed by atoms with Gasteiger partial charge in [-0.05, 0) is 79.7 Å². The molecular formula is C31H30FN7O. The van der Waals surface area contributed by atoms with Gasteiger partial charge in [0.15, 0.2) is 0 Å². The van der Waals surface area contributed by atoms with Gasteiger partial charge in [-0.2, -0.15) is 0 Å². The van der Waals surface area contributed by atoms with Crippen molar-refractivity contribution in [2.24, 2.45) is 0 Å². The maximum Gasteiger partial charge on any atom is 0.257 e. The number of carbonyl (C=O) groups is 1. The Bertz CT molecular complexity index is 1590. The van der Waals surface area contributed by atoms with Crippen LogP contribution in [0.15, 0.2) is 97.1 Å². The lowest BCUT2D eigenvalue weighted by Crippen LogP contribution is -2.48. The van der Waals surface area contributed by atoms with E-state index in [1.54, 1.807) is 24.5 Å². The van der Waals surface area contributed by atoms with Crippen LogP contribution < -0.4 is 20.9 Å². The lowest BCUT2D eigenvalue weighted by molar-refractivity contribution is 0.102. The van der Waals surface area contributed by atoms with Gasteiger partial charge in [0, 0.05) is 59.8 Å². The molecule has 1 saturated heterocycles. The van der Waals surface area contributed by atoms with Gasteiger partial charge in [-0.25, -0.2) is 9.37 Å². The van der Waals surface area contributed by atoms with E-state index in [2.05, 4.69) is 43.8 Å². The fourth-order valence-corrected chi connectivity index (χ4v) is 4.67. The Morgan fingerprint density at radius 2 is 1.77 bits per heavy atom. The predicted molar refractivity (Wildman–Crippen MR) is 159 cm³/mol. The van der Waals surface area contributed by atoms with E-state index in [-0.39, 0.29) is 5.91 Å². The van der Waals surface area contributed by atoms with Crippen LogP contribution >= 0.6 is 0 Å². The highest BCUT2D eigenvalue weighted by molar-refractivity contribution is 6.04. The van der Waals surface area contributed by atoms with Gasteiger partial charge < -0.3 is 25.8 Å². The Balaban J connectivity index is 1.09. The maximum atomic E-state index is 13.4. The smallest absolute Gasteiger partial charge is 0.257 e. The molecule has 2 aliphatic rings. The molecule has 3 N–H and O–H groups in total. The number of allylic oxidation sites excluding steroid dienone is 1. The van der Waals surface area contributed by atoms with Crippen molar-refractivity contribution in [3.8, 4) is 0 Å². The van der Waals surface area contributed by atoms with E-state index < -0.39 is 6.17 Å². The van der Waals surface area contributed by atoms with E-state index in [9.17, 15) is 9.18 Å². The molecule has 2 aromatic heterocycles. The summed E-state index contributed by atoms with van der Waals surface area (Å²) in [6, 6.07) is 19.2. The lowest BCUT2D eigenvalue weighted by Gasteiger charge is -2.36. The van der Waals surface area contributed by atoms with Gasteiger partial charge in [0.2, 0.25) is 0 Å². The molecule has 0 spiro atoms. The van der Waals surface area contributed by atoms with Crippen molar-refractivity contribution in [3.63, 3.8) is 0 Å². The number of carbonyl (C=O) groups excluding carboxylic acids is 1. The van der Waals surface area contributed by atoms with Crippen LogP contribution in [0, 0.1) is 0 Å². The molecule has 6 rings (SSSR count). The molecule has 0 saturated carbocycles. The number of alkyl halides is 1. The normalized spacial score (nSPS) is 16.9. The molecule has 202 valence electrons. The Morgan fingerprint density at radius 3 is 2.50 bits per heavy atom. The Labute approximate surface area is 232 Å². The van der Waals surface area contributed by atoms with Gasteiger partial charge in [-0.1, -0.05) is 0 Å². The molecule has 1 atom stereocenters. The van der Waals surface area contributed by atoms with Crippen LogP contribution in [0.4, 0.5) is 33.0 Å². The SMILES string of the molecule is CC1C=C(Nc2ccc(NC(=O)c3ccc(Nc4ccnc5ccc(N6CC(F)C6)cc45)nc3)cc2)C=CN1C. The lowest BCUT2D eigenvalue weighted by atomic mass is 10.1. The summed E-state index contributed by atoms with van der Waals surface area (Å²) in [4.78, 5) is 25.9. The third-order valence-corrected chi connectivity index (χ3v) is 7.20. The summed E-state index contributed by atoms with van der Waals surface area (Å²) in [5, 5.41) is 10.6. The van der Waals surface area contributed by atoms with Gasteiger partial charge in [0.05, 0.1) is 29.9 Å². The van der Waals surface area contributed by atoms with Crippen molar-refractivity contribution in [2.45, 2.75) is 19.1 Å². The van der Waals surface area contributed by atoms with Crippen LogP contribution in [-0.2, 0) is 0 Å². The van der Waals surface area contributed by atoms with Crippen LogP contribution in [0.25, 0.3) is 10.9 Å². The number of hydrogen-bond donors (Lipinski definition) is 3. The molecule has 1 fully saturated rings. The van der Waals surface area contributed by atoms with Gasteiger partial charge in [-0.15, -0.1) is 0 Å². The fourth-order valence-electron chi connectivity index (χ4n) is 4.67. The van der Waals surface area contributed by atoms with Gasteiger partial charge >= 0.3 is 0 Å².